The van der Waals surface area contributed by atoms with Gasteiger partial charge in [-0.05, 0) is 59.4 Å². The van der Waals surface area contributed by atoms with E-state index in [0.29, 0.717) is 0 Å². The van der Waals surface area contributed by atoms with E-state index in [1.54, 1.807) is 11.1 Å². The van der Waals surface area contributed by atoms with E-state index < -0.39 is 0 Å². The molecular weight excluding hydrogens is 224 g/mol. The van der Waals surface area contributed by atoms with Crippen molar-refractivity contribution in [3.05, 3.63) is 45.9 Å². The quantitative estimate of drug-likeness (QED) is 0.617. The first-order valence-electron chi connectivity index (χ1n) is 6.33. The predicted octanol–water partition coefficient (Wildman–Crippen LogP) is 4.82. The minimum absolute atomic E-state index is 1.21. The second kappa shape index (κ2) is 3.58. The number of thiophene rings is 1. The third-order valence-electron chi connectivity index (χ3n) is 3.91. The second-order valence-corrected chi connectivity index (χ2v) is 5.75. The second-order valence-electron chi connectivity index (χ2n) is 4.83. The molecule has 0 saturated carbocycles. The molecule has 0 N–H and O–H groups in total. The highest BCUT2D eigenvalue weighted by molar-refractivity contribution is 7.17. The van der Waals surface area contributed by atoms with Crippen LogP contribution in [0.5, 0.6) is 0 Å². The van der Waals surface area contributed by atoms with Gasteiger partial charge in [0.2, 0.25) is 0 Å². The molecule has 0 nitrogen and oxygen atoms in total. The van der Waals surface area contributed by atoms with Gasteiger partial charge in [-0.3, -0.25) is 0 Å². The van der Waals surface area contributed by atoms with Crippen molar-refractivity contribution >= 4 is 33.6 Å². The number of hydrogen-bond donors (Lipinski definition) is 0. The van der Waals surface area contributed by atoms with Crippen LogP contribution in [-0.4, -0.2) is 0 Å². The van der Waals surface area contributed by atoms with Crippen LogP contribution in [0.4, 0.5) is 0 Å². The summed E-state index contributed by atoms with van der Waals surface area (Å²) in [6.45, 7) is 0. The SMILES string of the molecule is C1=Cc2c(c3c(c4sccc24)C=CCC3)CC1. The minimum Gasteiger partial charge on any atom is -0.143 e. The molecule has 0 saturated heterocycles. The van der Waals surface area contributed by atoms with Crippen LogP contribution in [0.25, 0.3) is 22.2 Å². The molecular formula is C16H14S. The highest BCUT2D eigenvalue weighted by atomic mass is 32.1. The van der Waals surface area contributed by atoms with E-state index in [4.69, 9.17) is 0 Å². The van der Waals surface area contributed by atoms with E-state index in [2.05, 4.69) is 35.8 Å². The van der Waals surface area contributed by atoms with Gasteiger partial charge < -0.3 is 0 Å². The Morgan fingerprint density at radius 3 is 2.41 bits per heavy atom. The summed E-state index contributed by atoms with van der Waals surface area (Å²) in [6.07, 6.45) is 14.2. The van der Waals surface area contributed by atoms with Gasteiger partial charge >= 0.3 is 0 Å². The van der Waals surface area contributed by atoms with Gasteiger partial charge in [0.15, 0.2) is 0 Å². The molecule has 2 aliphatic rings. The molecule has 0 radical (unpaired) electrons. The Balaban J connectivity index is 2.20. The Labute approximate surface area is 105 Å². The van der Waals surface area contributed by atoms with Gasteiger partial charge in [-0.2, -0.15) is 0 Å². The van der Waals surface area contributed by atoms with Crippen molar-refractivity contribution in [2.45, 2.75) is 25.7 Å². The largest absolute Gasteiger partial charge is 0.143 e. The molecule has 0 fully saturated rings. The van der Waals surface area contributed by atoms with Crippen LogP contribution in [0, 0.1) is 0 Å². The first-order valence-corrected chi connectivity index (χ1v) is 7.21. The summed E-state index contributed by atoms with van der Waals surface area (Å²) in [7, 11) is 0. The number of benzene rings is 1. The van der Waals surface area contributed by atoms with Crippen LogP contribution in [-0.2, 0) is 12.8 Å². The van der Waals surface area contributed by atoms with Crippen molar-refractivity contribution in [1.29, 1.82) is 0 Å². The first-order chi connectivity index (χ1) is 8.45. The van der Waals surface area contributed by atoms with Gasteiger partial charge in [0.1, 0.15) is 0 Å². The van der Waals surface area contributed by atoms with Gasteiger partial charge in [-0.1, -0.05) is 24.3 Å². The highest BCUT2D eigenvalue weighted by Crippen LogP contribution is 2.39. The first kappa shape index (κ1) is 9.67. The third-order valence-corrected chi connectivity index (χ3v) is 4.85. The average Bonchev–Trinajstić information content (AvgIpc) is 2.89. The van der Waals surface area contributed by atoms with E-state index in [1.807, 2.05) is 11.3 Å². The Hall–Kier alpha value is -1.34. The molecule has 0 amide bonds. The van der Waals surface area contributed by atoms with Gasteiger partial charge in [0, 0.05) is 10.1 Å². The molecule has 2 aliphatic carbocycles. The Morgan fingerprint density at radius 1 is 0.882 bits per heavy atom. The minimum atomic E-state index is 1.21. The fourth-order valence-corrected chi connectivity index (χ4v) is 4.11. The Kier molecular flexibility index (Phi) is 2.03. The zero-order valence-electron chi connectivity index (χ0n) is 9.70. The van der Waals surface area contributed by atoms with Crippen LogP contribution in [0.2, 0.25) is 0 Å². The summed E-state index contributed by atoms with van der Waals surface area (Å²) >= 11 is 1.89. The zero-order valence-corrected chi connectivity index (χ0v) is 10.5. The van der Waals surface area contributed by atoms with E-state index in [0.717, 1.165) is 0 Å². The molecule has 1 heteroatoms. The van der Waals surface area contributed by atoms with Gasteiger partial charge in [0.05, 0.1) is 0 Å². The number of hydrogen-bond acceptors (Lipinski definition) is 1. The summed E-state index contributed by atoms with van der Waals surface area (Å²) < 4.78 is 1.49. The van der Waals surface area contributed by atoms with Crippen LogP contribution in [0.3, 0.4) is 0 Å². The van der Waals surface area contributed by atoms with Crippen molar-refractivity contribution in [3.8, 4) is 0 Å². The van der Waals surface area contributed by atoms with Crippen molar-refractivity contribution in [3.63, 3.8) is 0 Å². The molecule has 1 aromatic carbocycles. The molecule has 0 atom stereocenters. The molecule has 2 aromatic rings. The van der Waals surface area contributed by atoms with Gasteiger partial charge in [-0.15, -0.1) is 11.3 Å². The van der Waals surface area contributed by atoms with E-state index >= 15 is 0 Å². The maximum absolute atomic E-state index is 2.34. The molecule has 0 aliphatic heterocycles. The number of allylic oxidation sites excluding steroid dienone is 2. The number of rotatable bonds is 0. The smallest absolute Gasteiger partial charge is 0.0423 e. The summed E-state index contributed by atoms with van der Waals surface area (Å²) in [5.41, 5.74) is 6.26. The Bertz CT molecular complexity index is 600. The monoisotopic (exact) mass is 238 g/mol. The molecule has 84 valence electrons. The zero-order chi connectivity index (χ0) is 11.2. The van der Waals surface area contributed by atoms with Crippen molar-refractivity contribution < 1.29 is 0 Å². The maximum atomic E-state index is 2.34. The lowest BCUT2D eigenvalue weighted by Gasteiger charge is -2.21. The standard InChI is InChI=1S/C16H14S/c1-2-7-13-11(5-1)12-6-3-4-8-14(12)16-15(13)9-10-17-16/h2,4,7-10H,1,3,5-6H2. The fourth-order valence-electron chi connectivity index (χ4n) is 3.15. The molecule has 4 rings (SSSR count). The molecule has 1 heterocycles. The lowest BCUT2D eigenvalue weighted by Crippen LogP contribution is -2.05. The highest BCUT2D eigenvalue weighted by Gasteiger charge is 2.19. The lowest BCUT2D eigenvalue weighted by atomic mass is 9.84. The normalized spacial score (nSPS) is 17.2. The molecule has 0 bridgehead atoms. The summed E-state index contributed by atoms with van der Waals surface area (Å²) in [5.74, 6) is 0. The number of fused-ring (bicyclic) bond motifs is 6. The molecule has 17 heavy (non-hydrogen) atoms. The van der Waals surface area contributed by atoms with Gasteiger partial charge in [-0.25, -0.2) is 0 Å². The summed E-state index contributed by atoms with van der Waals surface area (Å²) in [6, 6.07) is 2.29. The Morgan fingerprint density at radius 2 is 1.59 bits per heavy atom. The van der Waals surface area contributed by atoms with E-state index in [1.165, 1.54) is 46.9 Å². The average molecular weight is 238 g/mol. The summed E-state index contributed by atoms with van der Waals surface area (Å²) in [4.78, 5) is 0. The predicted molar refractivity (Wildman–Crippen MR) is 76.5 cm³/mol. The molecule has 1 aromatic heterocycles. The third kappa shape index (κ3) is 1.29. The van der Waals surface area contributed by atoms with Crippen LogP contribution < -0.4 is 0 Å². The fraction of sp³-hybridized carbons (Fsp3) is 0.250. The maximum Gasteiger partial charge on any atom is 0.0423 e. The van der Waals surface area contributed by atoms with Crippen molar-refractivity contribution in [1.82, 2.24) is 0 Å². The van der Waals surface area contributed by atoms with Crippen LogP contribution >= 0.6 is 11.3 Å². The van der Waals surface area contributed by atoms with Crippen molar-refractivity contribution in [2.24, 2.45) is 0 Å². The molecule has 0 unspecified atom stereocenters. The van der Waals surface area contributed by atoms with E-state index in [-0.39, 0.29) is 0 Å². The van der Waals surface area contributed by atoms with Crippen LogP contribution in [0.15, 0.2) is 23.6 Å². The summed E-state index contributed by atoms with van der Waals surface area (Å²) in [5, 5.41) is 3.70. The van der Waals surface area contributed by atoms with Gasteiger partial charge in [0.25, 0.3) is 0 Å². The topological polar surface area (TPSA) is 0 Å². The lowest BCUT2D eigenvalue weighted by molar-refractivity contribution is 0.912. The van der Waals surface area contributed by atoms with Crippen molar-refractivity contribution in [2.75, 3.05) is 0 Å². The van der Waals surface area contributed by atoms with E-state index in [9.17, 15) is 0 Å². The van der Waals surface area contributed by atoms with Crippen LogP contribution in [0.1, 0.15) is 35.1 Å². The molecule has 0 spiro atoms.